The second kappa shape index (κ2) is 10.5. The van der Waals surface area contributed by atoms with Gasteiger partial charge < -0.3 is 24.8 Å². The lowest BCUT2D eigenvalue weighted by molar-refractivity contribution is -0.0390. The molecule has 160 valence electrons. The van der Waals surface area contributed by atoms with Crippen LogP contribution >= 0.6 is 0 Å². The van der Waals surface area contributed by atoms with Crippen LogP contribution in [0.1, 0.15) is 35.1 Å². The lowest BCUT2D eigenvalue weighted by Gasteiger charge is -2.22. The van der Waals surface area contributed by atoms with Crippen LogP contribution in [0.3, 0.4) is 0 Å². The van der Waals surface area contributed by atoms with Crippen LogP contribution in [0.25, 0.3) is 0 Å². The maximum absolute atomic E-state index is 12.1. The van der Waals surface area contributed by atoms with Gasteiger partial charge in [0.25, 0.3) is 0 Å². The maximum atomic E-state index is 12.1. The molecule has 0 bridgehead atoms. The molecular weight excluding hydrogens is 380 g/mol. The number of carbonyl (C=O) groups is 1. The lowest BCUT2D eigenvalue weighted by Crippen LogP contribution is -2.36. The van der Waals surface area contributed by atoms with Gasteiger partial charge in [-0.25, -0.2) is 4.79 Å². The Hall–Kier alpha value is -2.57. The van der Waals surface area contributed by atoms with Crippen molar-refractivity contribution in [2.75, 3.05) is 26.4 Å². The van der Waals surface area contributed by atoms with E-state index in [1.165, 1.54) is 11.1 Å². The van der Waals surface area contributed by atoms with E-state index in [1.807, 2.05) is 18.2 Å². The fourth-order valence-corrected chi connectivity index (χ4v) is 3.85. The third kappa shape index (κ3) is 5.97. The van der Waals surface area contributed by atoms with Crippen molar-refractivity contribution < 1.29 is 19.0 Å². The molecular formula is C24H30N2O4. The zero-order chi connectivity index (χ0) is 20.6. The molecule has 1 fully saturated rings. The number of benzene rings is 2. The number of hydrogen-bond donors (Lipinski definition) is 2. The minimum Gasteiger partial charge on any atom is -0.493 e. The number of nitrogens with one attached hydrogen (secondary N) is 2. The summed E-state index contributed by atoms with van der Waals surface area (Å²) in [6.07, 6.45) is 3.97. The molecule has 0 unspecified atom stereocenters. The highest BCUT2D eigenvalue weighted by atomic mass is 16.5. The second-order valence-electron chi connectivity index (χ2n) is 7.84. The highest BCUT2D eigenvalue weighted by molar-refractivity contribution is 5.73. The standard InChI is InChI=1S/C24H30N2O4/c27-24(25-10-6-18-4-5-23-21(15-18)7-13-29-23)26-16-19-2-1-3-20(14-19)17-30-22-8-11-28-12-9-22/h1-5,14-15,22H,6-13,16-17H2,(H2,25,26,27). The summed E-state index contributed by atoms with van der Waals surface area (Å²) < 4.78 is 16.9. The van der Waals surface area contributed by atoms with Crippen LogP contribution in [-0.4, -0.2) is 38.5 Å². The summed E-state index contributed by atoms with van der Waals surface area (Å²) in [5.41, 5.74) is 4.67. The first-order valence-corrected chi connectivity index (χ1v) is 10.8. The molecule has 2 aliphatic rings. The SMILES string of the molecule is O=C(NCCc1ccc2c(c1)CCO2)NCc1cccc(COC2CCOCC2)c1. The van der Waals surface area contributed by atoms with Crippen LogP contribution < -0.4 is 15.4 Å². The van der Waals surface area contributed by atoms with E-state index < -0.39 is 0 Å². The molecule has 0 radical (unpaired) electrons. The van der Waals surface area contributed by atoms with Gasteiger partial charge in [-0.1, -0.05) is 36.4 Å². The van der Waals surface area contributed by atoms with Gasteiger partial charge in [0.1, 0.15) is 5.75 Å². The molecule has 0 aromatic heterocycles. The van der Waals surface area contributed by atoms with E-state index in [0.717, 1.165) is 62.4 Å². The smallest absolute Gasteiger partial charge is 0.315 e. The molecule has 2 N–H and O–H groups in total. The molecule has 0 saturated carbocycles. The lowest BCUT2D eigenvalue weighted by atomic mass is 10.1. The molecule has 2 aromatic rings. The van der Waals surface area contributed by atoms with Crippen molar-refractivity contribution >= 4 is 6.03 Å². The molecule has 0 aliphatic carbocycles. The summed E-state index contributed by atoms with van der Waals surface area (Å²) >= 11 is 0. The Bertz CT molecular complexity index is 849. The van der Waals surface area contributed by atoms with Crippen LogP contribution in [-0.2, 0) is 35.5 Å². The van der Waals surface area contributed by atoms with Gasteiger partial charge in [-0.05, 0) is 47.6 Å². The molecule has 6 heteroatoms. The molecule has 30 heavy (non-hydrogen) atoms. The van der Waals surface area contributed by atoms with Crippen molar-refractivity contribution in [3.8, 4) is 5.75 Å². The Labute approximate surface area is 177 Å². The van der Waals surface area contributed by atoms with Gasteiger partial charge in [0.2, 0.25) is 0 Å². The number of ether oxygens (including phenoxy) is 3. The quantitative estimate of drug-likeness (QED) is 0.700. The highest BCUT2D eigenvalue weighted by Crippen LogP contribution is 2.25. The molecule has 6 nitrogen and oxygen atoms in total. The van der Waals surface area contributed by atoms with E-state index in [2.05, 4.69) is 34.9 Å². The van der Waals surface area contributed by atoms with Crippen LogP contribution in [0.4, 0.5) is 4.79 Å². The van der Waals surface area contributed by atoms with Gasteiger partial charge >= 0.3 is 6.03 Å². The molecule has 4 rings (SSSR count). The summed E-state index contributed by atoms with van der Waals surface area (Å²) in [6, 6.07) is 14.3. The molecule has 2 amide bonds. The Morgan fingerprint density at radius 1 is 1.00 bits per heavy atom. The van der Waals surface area contributed by atoms with Crippen LogP contribution in [0.5, 0.6) is 5.75 Å². The van der Waals surface area contributed by atoms with Crippen molar-refractivity contribution in [2.45, 2.75) is 44.9 Å². The summed E-state index contributed by atoms with van der Waals surface area (Å²) in [7, 11) is 0. The number of fused-ring (bicyclic) bond motifs is 1. The van der Waals surface area contributed by atoms with Gasteiger partial charge in [-0.2, -0.15) is 0 Å². The largest absolute Gasteiger partial charge is 0.493 e. The third-order valence-corrected chi connectivity index (χ3v) is 5.55. The molecule has 2 aromatic carbocycles. The maximum Gasteiger partial charge on any atom is 0.315 e. The van der Waals surface area contributed by atoms with E-state index in [1.54, 1.807) is 0 Å². The normalized spacial score (nSPS) is 16.0. The Morgan fingerprint density at radius 2 is 1.87 bits per heavy atom. The minimum absolute atomic E-state index is 0.150. The van der Waals surface area contributed by atoms with Crippen LogP contribution in [0.15, 0.2) is 42.5 Å². The predicted octanol–water partition coefficient (Wildman–Crippen LogP) is 3.36. The van der Waals surface area contributed by atoms with Crippen molar-refractivity contribution in [1.82, 2.24) is 10.6 Å². The van der Waals surface area contributed by atoms with Crippen molar-refractivity contribution in [2.24, 2.45) is 0 Å². The van der Waals surface area contributed by atoms with E-state index in [9.17, 15) is 4.79 Å². The Morgan fingerprint density at radius 3 is 2.77 bits per heavy atom. The summed E-state index contributed by atoms with van der Waals surface area (Å²) in [4.78, 5) is 12.1. The topological polar surface area (TPSA) is 68.8 Å². The van der Waals surface area contributed by atoms with Gasteiger partial charge in [0.05, 0.1) is 19.3 Å². The Kier molecular flexibility index (Phi) is 7.21. The molecule has 2 heterocycles. The van der Waals surface area contributed by atoms with Crippen molar-refractivity contribution in [3.05, 3.63) is 64.7 Å². The highest BCUT2D eigenvalue weighted by Gasteiger charge is 2.14. The average molecular weight is 411 g/mol. The summed E-state index contributed by atoms with van der Waals surface area (Å²) in [5, 5.41) is 5.87. The fraction of sp³-hybridized carbons (Fsp3) is 0.458. The van der Waals surface area contributed by atoms with E-state index in [4.69, 9.17) is 14.2 Å². The minimum atomic E-state index is -0.150. The van der Waals surface area contributed by atoms with E-state index in [-0.39, 0.29) is 12.1 Å². The number of urea groups is 1. The zero-order valence-corrected chi connectivity index (χ0v) is 17.3. The van der Waals surface area contributed by atoms with Crippen molar-refractivity contribution in [3.63, 3.8) is 0 Å². The molecule has 0 spiro atoms. The van der Waals surface area contributed by atoms with Crippen LogP contribution in [0.2, 0.25) is 0 Å². The molecule has 2 aliphatic heterocycles. The summed E-state index contributed by atoms with van der Waals surface area (Å²) in [5.74, 6) is 0.991. The second-order valence-corrected chi connectivity index (χ2v) is 7.84. The first-order chi connectivity index (χ1) is 14.8. The van der Waals surface area contributed by atoms with Gasteiger partial charge in [0, 0.05) is 32.7 Å². The zero-order valence-electron chi connectivity index (χ0n) is 17.3. The van der Waals surface area contributed by atoms with Crippen molar-refractivity contribution in [1.29, 1.82) is 0 Å². The van der Waals surface area contributed by atoms with Gasteiger partial charge in [-0.15, -0.1) is 0 Å². The third-order valence-electron chi connectivity index (χ3n) is 5.55. The molecule has 1 saturated heterocycles. The average Bonchev–Trinajstić information content (AvgIpc) is 3.25. The predicted molar refractivity (Wildman–Crippen MR) is 115 cm³/mol. The van der Waals surface area contributed by atoms with Gasteiger partial charge in [0.15, 0.2) is 0 Å². The monoisotopic (exact) mass is 410 g/mol. The fourth-order valence-electron chi connectivity index (χ4n) is 3.85. The van der Waals surface area contributed by atoms with E-state index >= 15 is 0 Å². The number of hydrogen-bond acceptors (Lipinski definition) is 4. The first-order valence-electron chi connectivity index (χ1n) is 10.8. The molecule has 0 atom stereocenters. The first kappa shape index (κ1) is 20.7. The van der Waals surface area contributed by atoms with Crippen LogP contribution in [0, 0.1) is 0 Å². The Balaban J connectivity index is 1.16. The number of carbonyl (C=O) groups excluding carboxylic acids is 1. The van der Waals surface area contributed by atoms with Gasteiger partial charge in [-0.3, -0.25) is 0 Å². The van der Waals surface area contributed by atoms with E-state index in [0.29, 0.717) is 19.7 Å². The number of rotatable bonds is 8. The summed E-state index contributed by atoms with van der Waals surface area (Å²) in [6.45, 7) is 4.02. The number of amides is 2.